The Morgan fingerprint density at radius 2 is 2.11 bits per heavy atom. The van der Waals surface area contributed by atoms with E-state index in [0.717, 1.165) is 36.3 Å². The van der Waals surface area contributed by atoms with Crippen LogP contribution in [-0.4, -0.2) is 58.5 Å². The standard InChI is InChI=1S/C24H26FN9O2/c1-33-11-14(10-27-33)17-12-34-18(4-5-26-34)22(28-17)29-20-6-16(31-32-20)15-2-3-19(21(15)25)36-23(35)30-24-7-13(8-24)9-24/h4-6,10-13,15,19,21H,2-3,7-9H2,1H3,(H,30,35)(H2,28,29,31,32)/t13?,15-,19-,21+,24?/m0/s1. The first-order chi connectivity index (χ1) is 17.4. The number of amides is 1. The number of aromatic amines is 1. The van der Waals surface area contributed by atoms with Gasteiger partial charge in [-0.15, -0.1) is 0 Å². The molecule has 4 aliphatic rings. The number of aromatic nitrogens is 7. The fourth-order valence-corrected chi connectivity index (χ4v) is 5.81. The molecule has 4 saturated carbocycles. The third kappa shape index (κ3) is 3.50. The van der Waals surface area contributed by atoms with Crippen molar-refractivity contribution in [3.05, 3.63) is 42.6 Å². The SMILES string of the molecule is Cn1cc(-c2cn3nccc3c(Nc3cc([C@@H]4CC[C@H](OC(=O)NC56CC(C5)C6)[C@@H]4F)[nH]n3)n2)cn1. The molecule has 1 amide bonds. The number of alkyl halides is 1. The van der Waals surface area contributed by atoms with Crippen LogP contribution in [0.5, 0.6) is 0 Å². The number of nitrogens with zero attached hydrogens (tertiary/aromatic N) is 6. The van der Waals surface area contributed by atoms with Crippen molar-refractivity contribution < 1.29 is 13.9 Å². The van der Waals surface area contributed by atoms with E-state index < -0.39 is 24.3 Å². The van der Waals surface area contributed by atoms with E-state index in [4.69, 9.17) is 9.72 Å². The highest BCUT2D eigenvalue weighted by Gasteiger charge is 2.58. The molecule has 2 bridgehead atoms. The lowest BCUT2D eigenvalue weighted by Crippen LogP contribution is -2.68. The lowest BCUT2D eigenvalue weighted by molar-refractivity contribution is -0.0532. The molecular weight excluding hydrogens is 465 g/mol. The molecule has 4 aromatic heterocycles. The van der Waals surface area contributed by atoms with Gasteiger partial charge >= 0.3 is 6.09 Å². The molecule has 0 aliphatic heterocycles. The zero-order chi connectivity index (χ0) is 24.4. The fraction of sp³-hybridized carbons (Fsp3) is 0.458. The Labute approximate surface area is 205 Å². The van der Waals surface area contributed by atoms with Gasteiger partial charge in [0.2, 0.25) is 0 Å². The molecule has 4 aliphatic carbocycles. The van der Waals surface area contributed by atoms with Crippen LogP contribution in [0.25, 0.3) is 16.8 Å². The number of nitrogens with one attached hydrogen (secondary N) is 3. The van der Waals surface area contributed by atoms with Gasteiger partial charge in [-0.1, -0.05) is 0 Å². The van der Waals surface area contributed by atoms with Crippen LogP contribution in [0.15, 0.2) is 36.9 Å². The summed E-state index contributed by atoms with van der Waals surface area (Å²) in [6.45, 7) is 0. The summed E-state index contributed by atoms with van der Waals surface area (Å²) >= 11 is 0. The highest BCUT2D eigenvalue weighted by molar-refractivity contribution is 5.75. The molecule has 0 aromatic carbocycles. The van der Waals surface area contributed by atoms with Crippen molar-refractivity contribution in [2.45, 2.75) is 55.8 Å². The molecule has 11 nitrogen and oxygen atoms in total. The summed E-state index contributed by atoms with van der Waals surface area (Å²) < 4.78 is 24.2. The summed E-state index contributed by atoms with van der Waals surface area (Å²) in [5, 5.41) is 22.0. The summed E-state index contributed by atoms with van der Waals surface area (Å²) in [6, 6.07) is 3.64. The molecule has 12 heteroatoms. The fourth-order valence-electron chi connectivity index (χ4n) is 5.81. The highest BCUT2D eigenvalue weighted by Crippen LogP contribution is 2.57. The van der Waals surface area contributed by atoms with Crippen molar-refractivity contribution in [3.8, 4) is 11.3 Å². The van der Waals surface area contributed by atoms with Crippen LogP contribution in [0.1, 0.15) is 43.7 Å². The third-order valence-corrected chi connectivity index (χ3v) is 7.80. The summed E-state index contributed by atoms with van der Waals surface area (Å²) in [7, 11) is 1.85. The van der Waals surface area contributed by atoms with Gasteiger partial charge in [-0.3, -0.25) is 9.78 Å². The maximum absolute atomic E-state index is 15.3. The van der Waals surface area contributed by atoms with Gasteiger partial charge in [0, 0.05) is 42.0 Å². The Kier molecular flexibility index (Phi) is 4.60. The topological polar surface area (TPSA) is 127 Å². The molecule has 36 heavy (non-hydrogen) atoms. The first kappa shape index (κ1) is 21.3. The van der Waals surface area contributed by atoms with E-state index in [1.54, 1.807) is 27.7 Å². The van der Waals surface area contributed by atoms with E-state index in [2.05, 4.69) is 31.0 Å². The molecule has 4 fully saturated rings. The second-order valence-corrected chi connectivity index (χ2v) is 10.3. The van der Waals surface area contributed by atoms with Crippen molar-refractivity contribution in [2.24, 2.45) is 13.0 Å². The quantitative estimate of drug-likeness (QED) is 0.377. The smallest absolute Gasteiger partial charge is 0.407 e. The number of aryl methyl sites for hydroxylation is 1. The molecule has 4 aromatic rings. The van der Waals surface area contributed by atoms with Gasteiger partial charge in [0.1, 0.15) is 17.8 Å². The van der Waals surface area contributed by atoms with E-state index in [0.29, 0.717) is 35.9 Å². The average molecular weight is 492 g/mol. The van der Waals surface area contributed by atoms with Gasteiger partial charge in [0.15, 0.2) is 11.6 Å². The summed E-state index contributed by atoms with van der Waals surface area (Å²) in [5.74, 6) is 1.41. The molecule has 8 rings (SSSR count). The van der Waals surface area contributed by atoms with Crippen LogP contribution in [-0.2, 0) is 11.8 Å². The summed E-state index contributed by atoms with van der Waals surface area (Å²) in [6.07, 6.45) is 8.68. The Balaban J connectivity index is 1.06. The minimum atomic E-state index is -1.30. The van der Waals surface area contributed by atoms with E-state index >= 15 is 4.39 Å². The molecule has 0 unspecified atom stereocenters. The van der Waals surface area contributed by atoms with Gasteiger partial charge in [-0.2, -0.15) is 15.3 Å². The van der Waals surface area contributed by atoms with Crippen molar-refractivity contribution in [3.63, 3.8) is 0 Å². The Hall–Kier alpha value is -3.96. The first-order valence-corrected chi connectivity index (χ1v) is 12.2. The number of anilines is 2. The lowest BCUT2D eigenvalue weighted by atomic mass is 9.50. The molecule has 186 valence electrons. The first-order valence-electron chi connectivity index (χ1n) is 12.2. The number of rotatable bonds is 6. The second kappa shape index (κ2) is 7.77. The van der Waals surface area contributed by atoms with Crippen molar-refractivity contribution in [1.29, 1.82) is 0 Å². The van der Waals surface area contributed by atoms with Crippen LogP contribution in [0, 0.1) is 5.92 Å². The maximum Gasteiger partial charge on any atom is 0.407 e. The zero-order valence-electron chi connectivity index (χ0n) is 19.7. The highest BCUT2D eigenvalue weighted by atomic mass is 19.1. The minimum absolute atomic E-state index is 0.0845. The molecule has 3 N–H and O–H groups in total. The number of alkyl carbamates (subject to hydrolysis) is 1. The van der Waals surface area contributed by atoms with Crippen LogP contribution in [0.2, 0.25) is 0 Å². The van der Waals surface area contributed by atoms with Gasteiger partial charge < -0.3 is 15.4 Å². The van der Waals surface area contributed by atoms with E-state index in [-0.39, 0.29) is 5.54 Å². The molecular formula is C24H26FN9O2. The second-order valence-electron chi connectivity index (χ2n) is 10.3. The van der Waals surface area contributed by atoms with E-state index in [1.807, 2.05) is 25.5 Å². The number of hydrogen-bond acceptors (Lipinski definition) is 7. The van der Waals surface area contributed by atoms with E-state index in [9.17, 15) is 4.79 Å². The van der Waals surface area contributed by atoms with Gasteiger partial charge in [0.25, 0.3) is 0 Å². The van der Waals surface area contributed by atoms with Gasteiger partial charge in [-0.25, -0.2) is 18.7 Å². The maximum atomic E-state index is 15.3. The van der Waals surface area contributed by atoms with Crippen LogP contribution < -0.4 is 10.6 Å². The molecule has 0 spiro atoms. The predicted octanol–water partition coefficient (Wildman–Crippen LogP) is 3.46. The Morgan fingerprint density at radius 1 is 1.25 bits per heavy atom. The van der Waals surface area contributed by atoms with Crippen molar-refractivity contribution in [2.75, 3.05) is 5.32 Å². The number of H-pyrrole nitrogens is 1. The largest absolute Gasteiger partial charge is 0.443 e. The van der Waals surface area contributed by atoms with Crippen LogP contribution in [0.3, 0.4) is 0 Å². The number of carbonyl (C=O) groups excluding carboxylic acids is 1. The molecule has 3 atom stereocenters. The Bertz CT molecular complexity index is 1440. The Morgan fingerprint density at radius 3 is 2.86 bits per heavy atom. The molecule has 4 heterocycles. The molecule has 0 saturated heterocycles. The average Bonchev–Trinajstić information content (AvgIpc) is 3.59. The normalized spacial score (nSPS) is 28.5. The summed E-state index contributed by atoms with van der Waals surface area (Å²) in [5.41, 5.74) is 2.91. The van der Waals surface area contributed by atoms with Gasteiger partial charge in [-0.05, 0) is 44.1 Å². The monoisotopic (exact) mass is 491 g/mol. The van der Waals surface area contributed by atoms with Crippen molar-refractivity contribution >= 4 is 23.2 Å². The van der Waals surface area contributed by atoms with Crippen LogP contribution >= 0.6 is 0 Å². The predicted molar refractivity (Wildman–Crippen MR) is 127 cm³/mol. The van der Waals surface area contributed by atoms with Gasteiger partial charge in [0.05, 0.1) is 24.3 Å². The van der Waals surface area contributed by atoms with E-state index in [1.165, 1.54) is 0 Å². The van der Waals surface area contributed by atoms with Crippen LogP contribution in [0.4, 0.5) is 20.8 Å². The number of carbonyl (C=O) groups is 1. The molecule has 0 radical (unpaired) electrons. The van der Waals surface area contributed by atoms with Crippen molar-refractivity contribution in [1.82, 2.24) is 39.9 Å². The third-order valence-electron chi connectivity index (χ3n) is 7.80. The minimum Gasteiger partial charge on any atom is -0.443 e. The lowest BCUT2D eigenvalue weighted by Gasteiger charge is -2.61. The number of hydrogen-bond donors (Lipinski definition) is 3. The number of fused-ring (bicyclic) bond motifs is 1. The zero-order valence-corrected chi connectivity index (χ0v) is 19.7. The number of ether oxygens (including phenoxy) is 1. The number of halogens is 1. The summed E-state index contributed by atoms with van der Waals surface area (Å²) in [4.78, 5) is 17.0.